The number of hydrogen-bond donors (Lipinski definition) is 2. The predicted octanol–water partition coefficient (Wildman–Crippen LogP) is 3.99. The van der Waals surface area contributed by atoms with Crippen LogP contribution in [0.15, 0.2) is 71.2 Å². The van der Waals surface area contributed by atoms with Gasteiger partial charge >= 0.3 is 5.97 Å². The van der Waals surface area contributed by atoms with Crippen LogP contribution in [0.25, 0.3) is 0 Å². The lowest BCUT2D eigenvalue weighted by molar-refractivity contribution is -0.159. The second-order valence-corrected chi connectivity index (χ2v) is 13.3. The lowest BCUT2D eigenvalue weighted by Gasteiger charge is -2.36. The molecular weight excluding hydrogens is 678 g/mol. The van der Waals surface area contributed by atoms with Gasteiger partial charge in [0.1, 0.15) is 29.8 Å². The molecule has 4 aliphatic rings. The maximum Gasteiger partial charge on any atom is 0.313 e. The van der Waals surface area contributed by atoms with Crippen molar-refractivity contribution in [1.29, 1.82) is 0 Å². The number of carbonyl (C=O) groups is 4. The molecule has 2 fully saturated rings. The lowest BCUT2D eigenvalue weighted by Crippen LogP contribution is -2.56. The van der Waals surface area contributed by atoms with Gasteiger partial charge < -0.3 is 29.7 Å². The molecule has 4 heterocycles. The fourth-order valence-corrected chi connectivity index (χ4v) is 8.13. The Kier molecular flexibility index (Phi) is 9.38. The van der Waals surface area contributed by atoms with Crippen molar-refractivity contribution in [2.75, 3.05) is 31.1 Å². The van der Waals surface area contributed by atoms with Crippen LogP contribution in [0.4, 0.5) is 5.69 Å². The number of likely N-dealkylation sites (tertiary alicyclic amines) is 1. The number of carbonyl (C=O) groups excluding carboxylic acids is 4. The SMILES string of the molecule is Cc1cccc(Cl)c1N1C/C=C\CCC(=O)NC[C@H](c2ccccc2)OC(=O)[C@H]2[C@@H]3O[C@@]4(C=C3Br)[C@@H]2C(=O)N(CCCO)[C@@H]4C1=O. The average molecular weight is 713 g/mol. The van der Waals surface area contributed by atoms with Crippen LogP contribution in [-0.4, -0.2) is 77.7 Å². The smallest absolute Gasteiger partial charge is 0.313 e. The molecular formula is C34H35BrClN3O7. The molecule has 10 nitrogen and oxygen atoms in total. The zero-order valence-electron chi connectivity index (χ0n) is 25.2. The summed E-state index contributed by atoms with van der Waals surface area (Å²) in [4.78, 5) is 59.1. The van der Waals surface area contributed by atoms with Crippen molar-refractivity contribution in [3.05, 3.63) is 87.4 Å². The summed E-state index contributed by atoms with van der Waals surface area (Å²) in [6, 6.07) is 13.3. The number of aryl methyl sites for hydroxylation is 1. The number of halogens is 2. The number of aliphatic hydroxyl groups excluding tert-OH is 1. The minimum Gasteiger partial charge on any atom is -0.455 e. The lowest BCUT2D eigenvalue weighted by atomic mass is 9.74. The molecule has 3 amide bonds. The maximum absolute atomic E-state index is 14.9. The van der Waals surface area contributed by atoms with Crippen LogP contribution in [0.3, 0.4) is 0 Å². The molecule has 0 unspecified atom stereocenters. The van der Waals surface area contributed by atoms with Gasteiger partial charge in [-0.05, 0) is 43.0 Å². The second-order valence-electron chi connectivity index (χ2n) is 11.9. The molecule has 0 aromatic heterocycles. The number of nitrogens with zero attached hydrogens (tertiary/aromatic N) is 2. The number of para-hydroxylation sites is 1. The third kappa shape index (κ3) is 5.67. The van der Waals surface area contributed by atoms with E-state index < -0.39 is 53.5 Å². The van der Waals surface area contributed by atoms with E-state index in [0.717, 1.165) is 5.56 Å². The Bertz CT molecular complexity index is 1580. The Morgan fingerprint density at radius 3 is 2.59 bits per heavy atom. The van der Waals surface area contributed by atoms with E-state index in [9.17, 15) is 24.3 Å². The zero-order chi connectivity index (χ0) is 32.6. The summed E-state index contributed by atoms with van der Waals surface area (Å²) in [5.74, 6) is -3.87. The maximum atomic E-state index is 14.9. The van der Waals surface area contributed by atoms with Gasteiger partial charge in [0.15, 0.2) is 0 Å². The van der Waals surface area contributed by atoms with E-state index in [1.807, 2.05) is 37.3 Å². The molecule has 0 aliphatic carbocycles. The number of esters is 1. The number of aliphatic hydroxyl groups is 1. The number of nitrogens with one attached hydrogen (secondary N) is 1. The number of rotatable bonds is 5. The van der Waals surface area contributed by atoms with Crippen LogP contribution in [0.2, 0.25) is 5.02 Å². The van der Waals surface area contributed by atoms with Crippen molar-refractivity contribution in [1.82, 2.24) is 10.2 Å². The van der Waals surface area contributed by atoms with Crippen LogP contribution in [0.5, 0.6) is 0 Å². The summed E-state index contributed by atoms with van der Waals surface area (Å²) in [6.07, 6.45) is 4.52. The Hall–Kier alpha value is -3.51. The quantitative estimate of drug-likeness (QED) is 0.355. The van der Waals surface area contributed by atoms with Crippen LogP contribution in [-0.2, 0) is 28.7 Å². The fourth-order valence-electron chi connectivity index (χ4n) is 7.07. The number of ether oxygens (including phenoxy) is 2. The first-order chi connectivity index (χ1) is 22.2. The van der Waals surface area contributed by atoms with Crippen molar-refractivity contribution < 1.29 is 33.8 Å². The second kappa shape index (κ2) is 13.3. The van der Waals surface area contributed by atoms with Gasteiger partial charge in [-0.2, -0.15) is 0 Å². The first kappa shape index (κ1) is 32.4. The molecule has 2 aromatic carbocycles. The highest BCUT2D eigenvalue weighted by molar-refractivity contribution is 9.11. The molecule has 2 N–H and O–H groups in total. The molecule has 4 aliphatic heterocycles. The summed E-state index contributed by atoms with van der Waals surface area (Å²) in [6.45, 7) is 1.88. The van der Waals surface area contributed by atoms with Crippen molar-refractivity contribution in [3.63, 3.8) is 0 Å². The van der Waals surface area contributed by atoms with E-state index in [-0.39, 0.29) is 45.0 Å². The van der Waals surface area contributed by atoms with Crippen molar-refractivity contribution in [3.8, 4) is 0 Å². The molecule has 5 bridgehead atoms. The number of hydrogen-bond acceptors (Lipinski definition) is 7. The highest BCUT2D eigenvalue weighted by atomic mass is 79.9. The Morgan fingerprint density at radius 1 is 1.07 bits per heavy atom. The van der Waals surface area contributed by atoms with E-state index in [1.54, 1.807) is 36.4 Å². The number of allylic oxidation sites excluding steroid dienone is 1. The van der Waals surface area contributed by atoms with Crippen LogP contribution in [0, 0.1) is 18.8 Å². The molecule has 2 aromatic rings. The first-order valence-corrected chi connectivity index (χ1v) is 16.6. The summed E-state index contributed by atoms with van der Waals surface area (Å²) < 4.78 is 13.2. The third-order valence-electron chi connectivity index (χ3n) is 9.12. The summed E-state index contributed by atoms with van der Waals surface area (Å²) >= 11 is 10.3. The van der Waals surface area contributed by atoms with Gasteiger partial charge in [0.2, 0.25) is 11.8 Å². The van der Waals surface area contributed by atoms with E-state index in [4.69, 9.17) is 21.1 Å². The topological polar surface area (TPSA) is 125 Å². The minimum atomic E-state index is -1.47. The standard InChI is InChI=1S/C34H35BrClN3O7/c1-20-10-8-13-23(36)28(20)38-15-7-3-6-14-25(41)37-19-24(21-11-4-2-5-12-21)45-33(44)26-27-31(42)39(16-9-17-40)30(32(38)43)34(27)18-22(35)29(26)46-34/h2-5,7-8,10-13,18,24,26-27,29-30,40H,6,9,14-17,19H2,1H3,(H,37,41)/b7-3-/t24-,26-,27+,29-,30-,34+/m1/s1. The normalized spacial score (nSPS) is 30.6. The van der Waals surface area contributed by atoms with Gasteiger partial charge in [0, 0.05) is 30.6 Å². The summed E-state index contributed by atoms with van der Waals surface area (Å²) in [5.41, 5.74) is 0.449. The molecule has 1 spiro atoms. The third-order valence-corrected chi connectivity index (χ3v) is 10.1. The van der Waals surface area contributed by atoms with Gasteiger partial charge in [-0.1, -0.05) is 82.1 Å². The van der Waals surface area contributed by atoms with Gasteiger partial charge in [-0.15, -0.1) is 0 Å². The van der Waals surface area contributed by atoms with Crippen LogP contribution >= 0.6 is 27.5 Å². The number of benzene rings is 2. The number of amides is 3. The van der Waals surface area contributed by atoms with Gasteiger partial charge in [-0.25, -0.2) is 0 Å². The molecule has 6 atom stereocenters. The monoisotopic (exact) mass is 711 g/mol. The highest BCUT2D eigenvalue weighted by Crippen LogP contribution is 2.59. The van der Waals surface area contributed by atoms with Crippen LogP contribution < -0.4 is 10.2 Å². The van der Waals surface area contributed by atoms with Crippen molar-refractivity contribution in [2.24, 2.45) is 11.8 Å². The Balaban J connectivity index is 1.47. The fraction of sp³-hybridized carbons (Fsp3) is 0.412. The molecule has 46 heavy (non-hydrogen) atoms. The summed E-state index contributed by atoms with van der Waals surface area (Å²) in [7, 11) is 0. The molecule has 0 radical (unpaired) electrons. The van der Waals surface area contributed by atoms with Crippen LogP contribution in [0.1, 0.15) is 36.5 Å². The largest absolute Gasteiger partial charge is 0.455 e. The average Bonchev–Trinajstić information content (AvgIpc) is 3.63. The Morgan fingerprint density at radius 2 is 1.85 bits per heavy atom. The summed E-state index contributed by atoms with van der Waals surface area (Å²) in [5, 5.41) is 13.0. The first-order valence-electron chi connectivity index (χ1n) is 15.4. The molecule has 242 valence electrons. The highest BCUT2D eigenvalue weighted by Gasteiger charge is 2.75. The molecule has 2 saturated heterocycles. The number of fused-ring (bicyclic) bond motifs is 2. The molecule has 0 saturated carbocycles. The van der Waals surface area contributed by atoms with E-state index in [0.29, 0.717) is 27.2 Å². The number of anilines is 1. The predicted molar refractivity (Wildman–Crippen MR) is 174 cm³/mol. The van der Waals surface area contributed by atoms with E-state index >= 15 is 0 Å². The van der Waals surface area contributed by atoms with E-state index in [1.165, 1.54) is 9.80 Å². The molecule has 6 rings (SSSR count). The van der Waals surface area contributed by atoms with Crippen molar-refractivity contribution >= 4 is 56.9 Å². The van der Waals surface area contributed by atoms with Crippen molar-refractivity contribution in [2.45, 2.75) is 50.0 Å². The van der Waals surface area contributed by atoms with Gasteiger partial charge in [-0.3, -0.25) is 19.2 Å². The number of cyclic esters (lactones) is 1. The van der Waals surface area contributed by atoms with E-state index in [2.05, 4.69) is 21.2 Å². The molecule has 12 heteroatoms. The zero-order valence-corrected chi connectivity index (χ0v) is 27.6. The van der Waals surface area contributed by atoms with Gasteiger partial charge in [0.05, 0.1) is 23.2 Å². The van der Waals surface area contributed by atoms with Gasteiger partial charge in [0.25, 0.3) is 5.91 Å². The minimum absolute atomic E-state index is 0.0423. The Labute approximate surface area is 280 Å².